The van der Waals surface area contributed by atoms with Crippen molar-refractivity contribution >= 4 is 22.7 Å². The second-order valence-electron chi connectivity index (χ2n) is 8.02. The highest BCUT2D eigenvalue weighted by atomic mass is 16.3. The summed E-state index contributed by atoms with van der Waals surface area (Å²) >= 11 is 0. The molecule has 2 amide bonds. The van der Waals surface area contributed by atoms with E-state index in [1.54, 1.807) is 13.2 Å². The number of carbonyl (C=O) groups excluding carboxylic acids is 2. The first-order valence-electron chi connectivity index (χ1n) is 10.6. The summed E-state index contributed by atoms with van der Waals surface area (Å²) in [7, 11) is 1.59. The number of nitrogens with zero attached hydrogens (tertiary/aromatic N) is 1. The molecule has 29 heavy (non-hydrogen) atoms. The molecule has 1 aromatic heterocycles. The van der Waals surface area contributed by atoms with E-state index in [1.807, 2.05) is 30.3 Å². The van der Waals surface area contributed by atoms with Crippen molar-refractivity contribution < 1.29 is 14.7 Å². The lowest BCUT2D eigenvalue weighted by Crippen LogP contribution is -2.45. The average molecular weight is 398 g/mol. The number of hydrogen-bond donors (Lipinski definition) is 3. The first kappa shape index (κ1) is 21.2. The van der Waals surface area contributed by atoms with Gasteiger partial charge in [0, 0.05) is 25.1 Å². The van der Waals surface area contributed by atoms with E-state index >= 15 is 0 Å². The fourth-order valence-electron chi connectivity index (χ4n) is 4.15. The summed E-state index contributed by atoms with van der Waals surface area (Å²) in [5.74, 6) is 0.159. The second-order valence-corrected chi connectivity index (χ2v) is 8.02. The number of carbonyl (C=O) groups is 2. The Labute approximate surface area is 172 Å². The fourth-order valence-corrected chi connectivity index (χ4v) is 4.15. The van der Waals surface area contributed by atoms with Crippen molar-refractivity contribution in [3.05, 3.63) is 42.1 Å². The molecular weight excluding hydrogens is 366 g/mol. The largest absolute Gasteiger partial charge is 0.391 e. The van der Waals surface area contributed by atoms with Gasteiger partial charge in [-0.15, -0.1) is 0 Å². The third-order valence-corrected chi connectivity index (χ3v) is 5.89. The Morgan fingerprint density at radius 1 is 1.21 bits per heavy atom. The lowest BCUT2D eigenvalue weighted by atomic mass is 9.83. The van der Waals surface area contributed by atoms with Gasteiger partial charge in [-0.3, -0.25) is 14.6 Å². The van der Waals surface area contributed by atoms with E-state index in [2.05, 4.69) is 15.6 Å². The van der Waals surface area contributed by atoms with Gasteiger partial charge < -0.3 is 15.7 Å². The molecule has 6 nitrogen and oxygen atoms in total. The molecule has 0 aliphatic heterocycles. The topological polar surface area (TPSA) is 91.3 Å². The number of pyridine rings is 1. The molecule has 2 atom stereocenters. The van der Waals surface area contributed by atoms with Crippen molar-refractivity contribution in [3.8, 4) is 0 Å². The fraction of sp³-hybridized carbons (Fsp3) is 0.522. The number of nitrogens with one attached hydrogen (secondary N) is 2. The van der Waals surface area contributed by atoms with E-state index in [1.165, 1.54) is 19.3 Å². The molecule has 0 bridgehead atoms. The molecule has 1 aliphatic carbocycles. The number of aliphatic hydroxyl groups is 1. The summed E-state index contributed by atoms with van der Waals surface area (Å²) in [4.78, 5) is 28.8. The van der Waals surface area contributed by atoms with Gasteiger partial charge in [0.2, 0.25) is 5.91 Å². The number of aromatic nitrogens is 1. The Balaban J connectivity index is 1.70. The van der Waals surface area contributed by atoms with E-state index in [9.17, 15) is 14.7 Å². The van der Waals surface area contributed by atoms with Crippen LogP contribution in [0.3, 0.4) is 0 Å². The first-order valence-corrected chi connectivity index (χ1v) is 10.6. The van der Waals surface area contributed by atoms with Crippen LogP contribution in [0.15, 0.2) is 36.5 Å². The Hall–Kier alpha value is -2.47. The highest BCUT2D eigenvalue weighted by molar-refractivity contribution is 5.97. The summed E-state index contributed by atoms with van der Waals surface area (Å²) in [6.45, 7) is 0. The smallest absolute Gasteiger partial charge is 0.253 e. The number of rotatable bonds is 8. The number of benzene rings is 1. The number of hydrogen-bond acceptors (Lipinski definition) is 4. The average Bonchev–Trinajstić information content (AvgIpc) is 2.77. The molecular formula is C23H31N3O3. The molecule has 1 aliphatic rings. The quantitative estimate of drug-likeness (QED) is 0.638. The van der Waals surface area contributed by atoms with Crippen LogP contribution in [0, 0.1) is 5.92 Å². The van der Waals surface area contributed by atoms with Crippen molar-refractivity contribution in [1.82, 2.24) is 15.6 Å². The third-order valence-electron chi connectivity index (χ3n) is 5.89. The number of para-hydroxylation sites is 1. The molecule has 1 heterocycles. The molecule has 2 aromatic rings. The SMILES string of the molecule is CNC(=O)CC[C@H](O)[C@H](CC1CCCCC1)NC(=O)c1cnc2ccccc2c1. The van der Waals surface area contributed by atoms with Gasteiger partial charge in [-0.1, -0.05) is 50.3 Å². The van der Waals surface area contributed by atoms with E-state index in [0.29, 0.717) is 17.9 Å². The monoisotopic (exact) mass is 397 g/mol. The summed E-state index contributed by atoms with van der Waals surface area (Å²) in [6.07, 6.45) is 8.05. The normalized spacial score (nSPS) is 16.9. The molecule has 3 rings (SSSR count). The van der Waals surface area contributed by atoms with Gasteiger partial charge >= 0.3 is 0 Å². The van der Waals surface area contributed by atoms with Gasteiger partial charge in [0.25, 0.3) is 5.91 Å². The van der Waals surface area contributed by atoms with Crippen LogP contribution >= 0.6 is 0 Å². The summed E-state index contributed by atoms with van der Waals surface area (Å²) in [5, 5.41) is 17.3. The minimum Gasteiger partial charge on any atom is -0.391 e. The molecule has 0 radical (unpaired) electrons. The third kappa shape index (κ3) is 6.00. The van der Waals surface area contributed by atoms with Crippen molar-refractivity contribution in [2.24, 2.45) is 5.92 Å². The van der Waals surface area contributed by atoms with E-state index in [4.69, 9.17) is 0 Å². The molecule has 1 fully saturated rings. The van der Waals surface area contributed by atoms with Crippen molar-refractivity contribution in [3.63, 3.8) is 0 Å². The molecule has 0 unspecified atom stereocenters. The molecule has 6 heteroatoms. The predicted molar refractivity (Wildman–Crippen MR) is 113 cm³/mol. The van der Waals surface area contributed by atoms with E-state index in [0.717, 1.165) is 30.2 Å². The number of fused-ring (bicyclic) bond motifs is 1. The highest BCUT2D eigenvalue weighted by Gasteiger charge is 2.27. The van der Waals surface area contributed by atoms with Crippen LogP contribution in [0.25, 0.3) is 10.9 Å². The van der Waals surface area contributed by atoms with Crippen molar-refractivity contribution in [1.29, 1.82) is 0 Å². The van der Waals surface area contributed by atoms with Crippen LogP contribution in [0.1, 0.15) is 61.7 Å². The molecule has 0 spiro atoms. The van der Waals surface area contributed by atoms with Gasteiger partial charge in [0.05, 0.1) is 23.2 Å². The second kappa shape index (κ2) is 10.3. The van der Waals surface area contributed by atoms with E-state index < -0.39 is 6.10 Å². The Bertz CT molecular complexity index is 833. The first-order chi connectivity index (χ1) is 14.1. The Kier molecular flexibility index (Phi) is 7.58. The lowest BCUT2D eigenvalue weighted by Gasteiger charge is -2.30. The van der Waals surface area contributed by atoms with Crippen LogP contribution in [-0.2, 0) is 4.79 Å². The summed E-state index contributed by atoms with van der Waals surface area (Å²) in [6, 6.07) is 9.12. The number of aliphatic hydroxyl groups excluding tert-OH is 1. The standard InChI is InChI=1S/C23H31N3O3/c1-24-22(28)12-11-21(27)20(13-16-7-3-2-4-8-16)26-23(29)18-14-17-9-5-6-10-19(17)25-15-18/h5-6,9-10,14-16,20-21,27H,2-4,7-8,11-13H2,1H3,(H,24,28)(H,26,29)/t20-,21-/m0/s1. The van der Waals surface area contributed by atoms with E-state index in [-0.39, 0.29) is 24.3 Å². The van der Waals surface area contributed by atoms with Crippen molar-refractivity contribution in [2.75, 3.05) is 7.05 Å². The van der Waals surface area contributed by atoms with Gasteiger partial charge in [-0.25, -0.2) is 0 Å². The van der Waals surface area contributed by atoms with Crippen LogP contribution in [-0.4, -0.2) is 41.1 Å². The minimum absolute atomic E-state index is 0.106. The maximum Gasteiger partial charge on any atom is 0.253 e. The minimum atomic E-state index is -0.758. The summed E-state index contributed by atoms with van der Waals surface area (Å²) in [5.41, 5.74) is 1.32. The molecule has 1 aromatic carbocycles. The van der Waals surface area contributed by atoms with Gasteiger partial charge in [-0.05, 0) is 30.9 Å². The highest BCUT2D eigenvalue weighted by Crippen LogP contribution is 2.28. The van der Waals surface area contributed by atoms with Gasteiger partial charge in [0.15, 0.2) is 0 Å². The molecule has 0 saturated heterocycles. The van der Waals surface area contributed by atoms with Crippen LogP contribution < -0.4 is 10.6 Å². The van der Waals surface area contributed by atoms with Gasteiger partial charge in [0.1, 0.15) is 0 Å². The van der Waals surface area contributed by atoms with Crippen LogP contribution in [0.4, 0.5) is 0 Å². The molecule has 156 valence electrons. The maximum atomic E-state index is 12.9. The summed E-state index contributed by atoms with van der Waals surface area (Å²) < 4.78 is 0. The zero-order valence-electron chi connectivity index (χ0n) is 17.1. The maximum absolute atomic E-state index is 12.9. The predicted octanol–water partition coefficient (Wildman–Crippen LogP) is 3.19. The zero-order chi connectivity index (χ0) is 20.6. The lowest BCUT2D eigenvalue weighted by molar-refractivity contribution is -0.121. The number of amides is 2. The Morgan fingerprint density at radius 3 is 2.72 bits per heavy atom. The van der Waals surface area contributed by atoms with Crippen LogP contribution in [0.5, 0.6) is 0 Å². The molecule has 3 N–H and O–H groups in total. The Morgan fingerprint density at radius 2 is 1.97 bits per heavy atom. The van der Waals surface area contributed by atoms with Gasteiger partial charge in [-0.2, -0.15) is 0 Å². The zero-order valence-corrected chi connectivity index (χ0v) is 17.1. The van der Waals surface area contributed by atoms with Crippen molar-refractivity contribution in [2.45, 2.75) is 63.5 Å². The van der Waals surface area contributed by atoms with Crippen LogP contribution in [0.2, 0.25) is 0 Å². The molecule has 1 saturated carbocycles.